The van der Waals surface area contributed by atoms with Crippen molar-refractivity contribution in [3.05, 3.63) is 60.4 Å². The van der Waals surface area contributed by atoms with E-state index in [4.69, 9.17) is 0 Å². The van der Waals surface area contributed by atoms with E-state index in [1.165, 1.54) is 0 Å². The quantitative estimate of drug-likeness (QED) is 0.798. The zero-order valence-electron chi connectivity index (χ0n) is 11.9. The highest BCUT2D eigenvalue weighted by atomic mass is 16.1. The molecule has 1 amide bonds. The minimum atomic E-state index is 0.0540. The van der Waals surface area contributed by atoms with Gasteiger partial charge in [-0.05, 0) is 36.8 Å². The minimum Gasteiger partial charge on any atom is -0.356 e. The Morgan fingerprint density at radius 2 is 1.90 bits per heavy atom. The highest BCUT2D eigenvalue weighted by Gasteiger charge is 2.05. The van der Waals surface area contributed by atoms with Crippen molar-refractivity contribution < 1.29 is 4.79 Å². The molecule has 0 fully saturated rings. The van der Waals surface area contributed by atoms with Crippen molar-refractivity contribution >= 4 is 16.9 Å². The summed E-state index contributed by atoms with van der Waals surface area (Å²) in [4.78, 5) is 16.0. The Labute approximate surface area is 123 Å². The molecular weight excluding hydrogens is 262 g/mol. The van der Waals surface area contributed by atoms with Gasteiger partial charge in [0.2, 0.25) is 5.91 Å². The van der Waals surface area contributed by atoms with E-state index in [1.54, 1.807) is 0 Å². The van der Waals surface area contributed by atoms with E-state index in [1.807, 2.05) is 66.3 Å². The average molecular weight is 279 g/mol. The molecule has 1 N–H and O–H groups in total. The molecule has 0 saturated carbocycles. The summed E-state index contributed by atoms with van der Waals surface area (Å²) < 4.78 is 2.05. The molecule has 3 aromatic rings. The van der Waals surface area contributed by atoms with Crippen LogP contribution in [0.4, 0.5) is 0 Å². The van der Waals surface area contributed by atoms with Crippen LogP contribution >= 0.6 is 0 Å². The van der Waals surface area contributed by atoms with E-state index >= 15 is 0 Å². The van der Waals surface area contributed by atoms with Crippen molar-refractivity contribution in [3.63, 3.8) is 0 Å². The number of carbonyl (C=O) groups excluding carboxylic acids is 1. The summed E-state index contributed by atoms with van der Waals surface area (Å²) in [6.45, 7) is 2.59. The monoisotopic (exact) mass is 279 g/mol. The largest absolute Gasteiger partial charge is 0.356 e. The molecule has 0 saturated heterocycles. The number of likely N-dealkylation sites (N-methyl/N-ethyl adjacent to an activating group) is 1. The second kappa shape index (κ2) is 5.79. The molecule has 4 nitrogen and oxygen atoms in total. The summed E-state index contributed by atoms with van der Waals surface area (Å²) in [6, 6.07) is 16.0. The predicted molar refractivity (Wildman–Crippen MR) is 83.5 cm³/mol. The summed E-state index contributed by atoms with van der Waals surface area (Å²) in [5, 5.41) is 2.81. The number of para-hydroxylation sites is 2. The minimum absolute atomic E-state index is 0.0540. The lowest BCUT2D eigenvalue weighted by atomic mass is 10.1. The number of imidazole rings is 1. The van der Waals surface area contributed by atoms with Crippen LogP contribution in [0.25, 0.3) is 16.7 Å². The Morgan fingerprint density at radius 1 is 1.14 bits per heavy atom. The third-order valence-electron chi connectivity index (χ3n) is 3.41. The van der Waals surface area contributed by atoms with Gasteiger partial charge in [0, 0.05) is 12.2 Å². The van der Waals surface area contributed by atoms with Gasteiger partial charge in [0.1, 0.15) is 6.33 Å². The summed E-state index contributed by atoms with van der Waals surface area (Å²) in [6.07, 6.45) is 2.24. The standard InChI is InChI=1S/C17H17N3O/c1-2-18-17(21)11-13-7-9-14(10-8-13)20-12-19-15-5-3-4-6-16(15)20/h3-10,12H,2,11H2,1H3,(H,18,21). The molecule has 3 rings (SSSR count). The molecular formula is C17H17N3O. The lowest BCUT2D eigenvalue weighted by Crippen LogP contribution is -2.24. The van der Waals surface area contributed by atoms with Crippen LogP contribution in [-0.4, -0.2) is 22.0 Å². The van der Waals surface area contributed by atoms with Gasteiger partial charge in [0.15, 0.2) is 0 Å². The molecule has 0 atom stereocenters. The van der Waals surface area contributed by atoms with Crippen LogP contribution in [-0.2, 0) is 11.2 Å². The maximum absolute atomic E-state index is 11.6. The predicted octanol–water partition coefficient (Wildman–Crippen LogP) is 2.70. The fourth-order valence-electron chi connectivity index (χ4n) is 2.38. The van der Waals surface area contributed by atoms with Crippen LogP contribution in [0.2, 0.25) is 0 Å². The first-order chi connectivity index (χ1) is 10.3. The summed E-state index contributed by atoms with van der Waals surface area (Å²) >= 11 is 0. The smallest absolute Gasteiger partial charge is 0.224 e. The normalized spacial score (nSPS) is 10.7. The highest BCUT2D eigenvalue weighted by molar-refractivity contribution is 5.79. The molecule has 1 heterocycles. The maximum Gasteiger partial charge on any atom is 0.224 e. The third-order valence-corrected chi connectivity index (χ3v) is 3.41. The molecule has 4 heteroatoms. The molecule has 0 spiro atoms. The summed E-state index contributed by atoms with van der Waals surface area (Å²) in [5.41, 5.74) is 4.11. The summed E-state index contributed by atoms with van der Waals surface area (Å²) in [5.74, 6) is 0.0540. The Morgan fingerprint density at radius 3 is 2.67 bits per heavy atom. The van der Waals surface area contributed by atoms with Gasteiger partial charge in [0.25, 0.3) is 0 Å². The lowest BCUT2D eigenvalue weighted by Gasteiger charge is -2.06. The molecule has 0 aliphatic carbocycles. The number of amides is 1. The number of fused-ring (bicyclic) bond motifs is 1. The number of hydrogen-bond acceptors (Lipinski definition) is 2. The van der Waals surface area contributed by atoms with Crippen molar-refractivity contribution in [3.8, 4) is 5.69 Å². The van der Waals surface area contributed by atoms with E-state index in [2.05, 4.69) is 10.3 Å². The number of nitrogens with one attached hydrogen (secondary N) is 1. The van der Waals surface area contributed by atoms with Gasteiger partial charge in [-0.15, -0.1) is 0 Å². The van der Waals surface area contributed by atoms with Crippen LogP contribution in [0, 0.1) is 0 Å². The highest BCUT2D eigenvalue weighted by Crippen LogP contribution is 2.18. The average Bonchev–Trinajstić information content (AvgIpc) is 2.92. The summed E-state index contributed by atoms with van der Waals surface area (Å²) in [7, 11) is 0. The van der Waals surface area contributed by atoms with Crippen LogP contribution in [0.1, 0.15) is 12.5 Å². The van der Waals surface area contributed by atoms with E-state index in [9.17, 15) is 4.79 Å². The van der Waals surface area contributed by atoms with Gasteiger partial charge >= 0.3 is 0 Å². The van der Waals surface area contributed by atoms with Gasteiger partial charge < -0.3 is 5.32 Å². The van der Waals surface area contributed by atoms with E-state index < -0.39 is 0 Å². The zero-order valence-corrected chi connectivity index (χ0v) is 11.9. The fraction of sp³-hybridized carbons (Fsp3) is 0.176. The molecule has 0 aliphatic heterocycles. The van der Waals surface area contributed by atoms with Crippen molar-refractivity contribution in [2.75, 3.05) is 6.54 Å². The first kappa shape index (κ1) is 13.4. The number of aromatic nitrogens is 2. The second-order valence-corrected chi connectivity index (χ2v) is 4.90. The lowest BCUT2D eigenvalue weighted by molar-refractivity contribution is -0.120. The van der Waals surface area contributed by atoms with E-state index in [0.29, 0.717) is 13.0 Å². The molecule has 0 unspecified atom stereocenters. The van der Waals surface area contributed by atoms with E-state index in [0.717, 1.165) is 22.3 Å². The van der Waals surface area contributed by atoms with Gasteiger partial charge in [-0.3, -0.25) is 9.36 Å². The fourth-order valence-corrected chi connectivity index (χ4v) is 2.38. The molecule has 0 bridgehead atoms. The first-order valence-electron chi connectivity index (χ1n) is 7.06. The van der Waals surface area contributed by atoms with Gasteiger partial charge in [-0.2, -0.15) is 0 Å². The van der Waals surface area contributed by atoms with Crippen LogP contribution < -0.4 is 5.32 Å². The first-order valence-corrected chi connectivity index (χ1v) is 7.06. The topological polar surface area (TPSA) is 46.9 Å². The van der Waals surface area contributed by atoms with Gasteiger partial charge in [-0.25, -0.2) is 4.98 Å². The maximum atomic E-state index is 11.6. The molecule has 0 radical (unpaired) electrons. The van der Waals surface area contributed by atoms with Crippen LogP contribution in [0.5, 0.6) is 0 Å². The number of nitrogens with zero attached hydrogens (tertiary/aromatic N) is 2. The Hall–Kier alpha value is -2.62. The van der Waals surface area contributed by atoms with Gasteiger partial charge in [0.05, 0.1) is 17.5 Å². The van der Waals surface area contributed by atoms with Crippen molar-refractivity contribution in [1.29, 1.82) is 0 Å². The second-order valence-electron chi connectivity index (χ2n) is 4.90. The Balaban J connectivity index is 1.85. The van der Waals surface area contributed by atoms with Crippen LogP contribution in [0.15, 0.2) is 54.9 Å². The molecule has 0 aliphatic rings. The number of hydrogen-bond donors (Lipinski definition) is 1. The van der Waals surface area contributed by atoms with Crippen molar-refractivity contribution in [1.82, 2.24) is 14.9 Å². The number of carbonyl (C=O) groups is 1. The molecule has 21 heavy (non-hydrogen) atoms. The number of rotatable bonds is 4. The SMILES string of the molecule is CCNC(=O)Cc1ccc(-n2cnc3ccccc32)cc1. The number of benzene rings is 2. The van der Waals surface area contributed by atoms with Crippen LogP contribution in [0.3, 0.4) is 0 Å². The Bertz CT molecular complexity index is 759. The molecule has 106 valence electrons. The molecule has 1 aromatic heterocycles. The van der Waals surface area contributed by atoms with Crippen molar-refractivity contribution in [2.24, 2.45) is 0 Å². The Kier molecular flexibility index (Phi) is 3.69. The van der Waals surface area contributed by atoms with Gasteiger partial charge in [-0.1, -0.05) is 24.3 Å². The van der Waals surface area contributed by atoms with E-state index in [-0.39, 0.29) is 5.91 Å². The third kappa shape index (κ3) is 2.79. The van der Waals surface area contributed by atoms with Crippen molar-refractivity contribution in [2.45, 2.75) is 13.3 Å². The molecule has 2 aromatic carbocycles. The zero-order chi connectivity index (χ0) is 14.7.